The molecule has 0 radical (unpaired) electrons. The van der Waals surface area contributed by atoms with Gasteiger partial charge in [0, 0.05) is 32.1 Å². The number of halogens is 1. The normalized spacial score (nSPS) is 17.2. The summed E-state index contributed by atoms with van der Waals surface area (Å²) in [6.45, 7) is 7.69. The molecule has 0 aromatic rings. The molecule has 1 aliphatic heterocycles. The van der Waals surface area contributed by atoms with Crippen LogP contribution in [0, 0.1) is 0 Å². The molecule has 0 aromatic carbocycles. The second-order valence-electron chi connectivity index (χ2n) is 3.50. The number of likely N-dealkylation sites (N-methyl/N-ethyl adjacent to an activating group) is 1. The van der Waals surface area contributed by atoms with Gasteiger partial charge in [0.15, 0.2) is 0 Å². The van der Waals surface area contributed by atoms with E-state index in [1.807, 2.05) is 6.92 Å². The van der Waals surface area contributed by atoms with E-state index in [1.54, 1.807) is 4.90 Å². The van der Waals surface area contributed by atoms with Crippen LogP contribution in [0.15, 0.2) is 12.2 Å². The third-order valence-corrected chi connectivity index (χ3v) is 2.76. The van der Waals surface area contributed by atoms with E-state index in [1.165, 1.54) is 4.90 Å². The number of hydrogen-bond acceptors (Lipinski definition) is 2. The molecule has 0 saturated carbocycles. The Kier molecular flexibility index (Phi) is 4.15. The van der Waals surface area contributed by atoms with Crippen LogP contribution in [0.3, 0.4) is 0 Å². The number of nitrogens with zero attached hydrogens (tertiary/aromatic N) is 2. The summed E-state index contributed by atoms with van der Waals surface area (Å²) in [7, 11) is 0. The largest absolute Gasteiger partial charge is 0.333 e. The van der Waals surface area contributed by atoms with Crippen molar-refractivity contribution in [2.75, 3.05) is 32.1 Å². The molecule has 0 spiro atoms. The fourth-order valence-corrected chi connectivity index (χ4v) is 1.56. The molecular weight excluding hydrogens is 216 g/mol. The van der Waals surface area contributed by atoms with Gasteiger partial charge in [-0.2, -0.15) is 0 Å². The molecule has 5 heteroatoms. The van der Waals surface area contributed by atoms with E-state index >= 15 is 0 Å². The molecular formula is C10H15ClN2O2. The van der Waals surface area contributed by atoms with Crippen molar-refractivity contribution in [3.8, 4) is 0 Å². The van der Waals surface area contributed by atoms with E-state index in [2.05, 4.69) is 6.58 Å². The van der Waals surface area contributed by atoms with Crippen LogP contribution in [-0.4, -0.2) is 53.7 Å². The van der Waals surface area contributed by atoms with Crippen molar-refractivity contribution in [1.82, 2.24) is 9.80 Å². The second kappa shape index (κ2) is 5.16. The fraction of sp³-hybridized carbons (Fsp3) is 0.600. The lowest BCUT2D eigenvalue weighted by molar-refractivity contribution is -0.155. The first-order valence-corrected chi connectivity index (χ1v) is 5.44. The Morgan fingerprint density at radius 3 is 2.40 bits per heavy atom. The van der Waals surface area contributed by atoms with Crippen molar-refractivity contribution in [2.45, 2.75) is 6.92 Å². The Morgan fingerprint density at radius 2 is 1.87 bits per heavy atom. The van der Waals surface area contributed by atoms with Gasteiger partial charge in [0.05, 0.1) is 0 Å². The van der Waals surface area contributed by atoms with Crippen LogP contribution in [0.25, 0.3) is 0 Å². The number of rotatable bonds is 4. The van der Waals surface area contributed by atoms with E-state index in [0.717, 1.165) is 5.57 Å². The van der Waals surface area contributed by atoms with E-state index in [-0.39, 0.29) is 0 Å². The standard InChI is InChI=1S/C10H15ClN2O2/c1-3-12-4-5-13(7-8(2)6-11)10(15)9(12)14/h2-7H2,1H3. The predicted octanol–water partition coefficient (Wildman–Crippen LogP) is 0.472. The zero-order valence-corrected chi connectivity index (χ0v) is 9.59. The highest BCUT2D eigenvalue weighted by Gasteiger charge is 2.31. The van der Waals surface area contributed by atoms with Crippen molar-refractivity contribution in [3.63, 3.8) is 0 Å². The Balaban J connectivity index is 2.61. The summed E-state index contributed by atoms with van der Waals surface area (Å²) in [6, 6.07) is 0. The van der Waals surface area contributed by atoms with Gasteiger partial charge < -0.3 is 9.80 Å². The Hall–Kier alpha value is -1.03. The van der Waals surface area contributed by atoms with Gasteiger partial charge in [0.1, 0.15) is 0 Å². The molecule has 0 unspecified atom stereocenters. The zero-order chi connectivity index (χ0) is 11.4. The summed E-state index contributed by atoms with van der Waals surface area (Å²) in [5, 5.41) is 0. The molecule has 0 N–H and O–H groups in total. The molecule has 1 rings (SSSR count). The second-order valence-corrected chi connectivity index (χ2v) is 3.76. The lowest BCUT2D eigenvalue weighted by atomic mass is 10.2. The molecule has 2 amide bonds. The lowest BCUT2D eigenvalue weighted by Crippen LogP contribution is -2.54. The summed E-state index contributed by atoms with van der Waals surface area (Å²) in [4.78, 5) is 26.1. The van der Waals surface area contributed by atoms with Crippen molar-refractivity contribution >= 4 is 23.4 Å². The van der Waals surface area contributed by atoms with Gasteiger partial charge in [-0.05, 0) is 12.5 Å². The number of alkyl halides is 1. The first kappa shape index (κ1) is 12.0. The van der Waals surface area contributed by atoms with Crippen LogP contribution in [0.2, 0.25) is 0 Å². The van der Waals surface area contributed by atoms with Gasteiger partial charge in [-0.1, -0.05) is 6.58 Å². The highest BCUT2D eigenvalue weighted by molar-refractivity contribution is 6.35. The first-order valence-electron chi connectivity index (χ1n) is 4.91. The molecule has 4 nitrogen and oxygen atoms in total. The summed E-state index contributed by atoms with van der Waals surface area (Å²) in [5.74, 6) is -0.560. The van der Waals surface area contributed by atoms with Gasteiger partial charge >= 0.3 is 11.8 Å². The number of carbonyl (C=O) groups is 2. The molecule has 1 saturated heterocycles. The van der Waals surface area contributed by atoms with Crippen molar-refractivity contribution in [1.29, 1.82) is 0 Å². The minimum Gasteiger partial charge on any atom is -0.333 e. The van der Waals surface area contributed by atoms with E-state index in [0.29, 0.717) is 32.1 Å². The van der Waals surface area contributed by atoms with Gasteiger partial charge in [-0.15, -0.1) is 11.6 Å². The van der Waals surface area contributed by atoms with Crippen LogP contribution < -0.4 is 0 Å². The molecule has 0 aliphatic carbocycles. The van der Waals surface area contributed by atoms with Crippen LogP contribution >= 0.6 is 11.6 Å². The van der Waals surface area contributed by atoms with Gasteiger partial charge in [0.2, 0.25) is 0 Å². The zero-order valence-electron chi connectivity index (χ0n) is 8.83. The molecule has 0 bridgehead atoms. The Bertz CT molecular complexity index is 291. The summed E-state index contributed by atoms with van der Waals surface area (Å²) in [6.07, 6.45) is 0. The molecule has 84 valence electrons. The topological polar surface area (TPSA) is 40.6 Å². The molecule has 1 fully saturated rings. The third-order valence-electron chi connectivity index (χ3n) is 2.38. The number of amides is 2. The first-order chi connectivity index (χ1) is 7.10. The molecule has 0 aromatic heterocycles. The van der Waals surface area contributed by atoms with Crippen molar-refractivity contribution in [3.05, 3.63) is 12.2 Å². The Morgan fingerprint density at radius 1 is 1.33 bits per heavy atom. The molecule has 1 heterocycles. The van der Waals surface area contributed by atoms with E-state index in [4.69, 9.17) is 11.6 Å². The monoisotopic (exact) mass is 230 g/mol. The van der Waals surface area contributed by atoms with Crippen LogP contribution in [0.4, 0.5) is 0 Å². The maximum atomic E-state index is 11.6. The Labute approximate surface area is 94.5 Å². The average Bonchev–Trinajstić information content (AvgIpc) is 2.25. The SMILES string of the molecule is C=C(CCl)CN1CCN(CC)C(=O)C1=O. The van der Waals surface area contributed by atoms with Crippen molar-refractivity contribution in [2.24, 2.45) is 0 Å². The summed E-state index contributed by atoms with van der Waals surface area (Å²) >= 11 is 5.58. The maximum Gasteiger partial charge on any atom is 0.312 e. The number of piperazine rings is 1. The van der Waals surface area contributed by atoms with Crippen molar-refractivity contribution < 1.29 is 9.59 Å². The highest BCUT2D eigenvalue weighted by atomic mass is 35.5. The summed E-state index contributed by atoms with van der Waals surface area (Å²) < 4.78 is 0. The number of hydrogen-bond donors (Lipinski definition) is 0. The van der Waals surface area contributed by atoms with Gasteiger partial charge in [-0.3, -0.25) is 9.59 Å². The fourth-order valence-electron chi connectivity index (χ4n) is 1.48. The smallest absolute Gasteiger partial charge is 0.312 e. The van der Waals surface area contributed by atoms with Crippen LogP contribution in [0.1, 0.15) is 6.92 Å². The lowest BCUT2D eigenvalue weighted by Gasteiger charge is -2.33. The minimum absolute atomic E-state index is 0.315. The predicted molar refractivity (Wildman–Crippen MR) is 58.7 cm³/mol. The number of carbonyl (C=O) groups excluding carboxylic acids is 2. The summed E-state index contributed by atoms with van der Waals surface area (Å²) in [5.41, 5.74) is 0.753. The molecule has 15 heavy (non-hydrogen) atoms. The van der Waals surface area contributed by atoms with Gasteiger partial charge in [0.25, 0.3) is 0 Å². The van der Waals surface area contributed by atoms with E-state index in [9.17, 15) is 9.59 Å². The highest BCUT2D eigenvalue weighted by Crippen LogP contribution is 2.07. The van der Waals surface area contributed by atoms with Crippen LogP contribution in [-0.2, 0) is 9.59 Å². The van der Waals surface area contributed by atoms with Gasteiger partial charge in [-0.25, -0.2) is 0 Å². The molecule has 1 aliphatic rings. The van der Waals surface area contributed by atoms with E-state index < -0.39 is 11.8 Å². The molecule has 0 atom stereocenters. The average molecular weight is 231 g/mol. The van der Waals surface area contributed by atoms with Crippen LogP contribution in [0.5, 0.6) is 0 Å². The third kappa shape index (κ3) is 2.72. The quantitative estimate of drug-likeness (QED) is 0.400. The minimum atomic E-state index is -0.450. The maximum absolute atomic E-state index is 11.6.